The molecule has 0 fully saturated rings. The van der Waals surface area contributed by atoms with Gasteiger partial charge in [-0.05, 0) is 66.4 Å². The maximum absolute atomic E-state index is 13.7. The van der Waals surface area contributed by atoms with Gasteiger partial charge in [0.2, 0.25) is 5.91 Å². The molecule has 0 unspecified atom stereocenters. The van der Waals surface area contributed by atoms with Crippen LogP contribution in [0.1, 0.15) is 55.0 Å². The molecule has 1 aromatic heterocycles. The maximum Gasteiger partial charge on any atom is 0.259 e. The predicted octanol–water partition coefficient (Wildman–Crippen LogP) is 5.98. The highest BCUT2D eigenvalue weighted by molar-refractivity contribution is 6.11. The van der Waals surface area contributed by atoms with E-state index in [1.54, 1.807) is 0 Å². The van der Waals surface area contributed by atoms with Crippen molar-refractivity contribution in [3.63, 3.8) is 0 Å². The Morgan fingerprint density at radius 2 is 1.95 bits per heavy atom. The largest absolute Gasteiger partial charge is 0.493 e. The molecule has 7 rings (SSSR count). The summed E-state index contributed by atoms with van der Waals surface area (Å²) in [5.74, 6) is 0.980. The number of imide groups is 1. The first-order valence-electron chi connectivity index (χ1n) is 14.3. The maximum atomic E-state index is 13.7. The van der Waals surface area contributed by atoms with Gasteiger partial charge in [0.1, 0.15) is 11.5 Å². The minimum Gasteiger partial charge on any atom is -0.493 e. The Kier molecular flexibility index (Phi) is 6.11. The lowest BCUT2D eigenvalue weighted by atomic mass is 9.84. The quantitative estimate of drug-likeness (QED) is 0.322. The number of rotatable bonds is 6. The lowest BCUT2D eigenvalue weighted by Crippen LogP contribution is -2.33. The number of carbonyl (C=O) groups is 2. The minimum absolute atomic E-state index is 0.233. The average Bonchev–Trinajstić information content (AvgIpc) is 3.64. The monoisotopic (exact) mass is 547 g/mol. The molecule has 0 spiro atoms. The molecule has 4 aromatic rings. The van der Waals surface area contributed by atoms with Crippen LogP contribution in [0.4, 0.5) is 5.69 Å². The highest BCUT2D eigenvalue weighted by Gasteiger charge is 2.41. The summed E-state index contributed by atoms with van der Waals surface area (Å²) in [4.78, 5) is 27.4. The van der Waals surface area contributed by atoms with E-state index >= 15 is 0 Å². The van der Waals surface area contributed by atoms with E-state index in [9.17, 15) is 9.59 Å². The summed E-state index contributed by atoms with van der Waals surface area (Å²) < 4.78 is 14.0. The first-order chi connectivity index (χ1) is 19.9. The van der Waals surface area contributed by atoms with E-state index in [2.05, 4.69) is 60.3 Å². The second kappa shape index (κ2) is 9.84. The van der Waals surface area contributed by atoms with Crippen LogP contribution in [0, 0.1) is 0 Å². The molecule has 3 aliphatic rings. The zero-order valence-corrected chi connectivity index (χ0v) is 23.6. The fourth-order valence-electron chi connectivity index (χ4n) is 6.44. The van der Waals surface area contributed by atoms with E-state index in [4.69, 9.17) is 9.47 Å². The number of amides is 2. The normalized spacial score (nSPS) is 17.4. The van der Waals surface area contributed by atoms with Gasteiger partial charge in [0.25, 0.3) is 5.91 Å². The Labute approximate surface area is 239 Å². The molecule has 4 heterocycles. The number of benzene rings is 3. The standard InChI is InChI=1S/C34H33N3O4/c1-20(2)36-18-26-31(33-28(19-37(21(3)38)34(33)39)35-27-5-4-6-29(36)32(26)27)23-8-10-25(11-9-23)40-15-13-22-7-12-30-24(17-22)14-16-41-30/h4-12,17-18,20,31,35H,13-16,19H2,1-3H3/t31-/m1/s1. The third-order valence-corrected chi connectivity index (χ3v) is 8.45. The summed E-state index contributed by atoms with van der Waals surface area (Å²) in [6.07, 6.45) is 3.95. The first kappa shape index (κ1) is 25.4. The van der Waals surface area contributed by atoms with Crippen LogP contribution in [0.5, 0.6) is 11.5 Å². The summed E-state index contributed by atoms with van der Waals surface area (Å²) in [5, 5.41) is 4.66. The van der Waals surface area contributed by atoms with Crippen molar-refractivity contribution in [2.75, 3.05) is 25.1 Å². The minimum atomic E-state index is -0.316. The Hall–Kier alpha value is -4.52. The molecule has 1 atom stereocenters. The summed E-state index contributed by atoms with van der Waals surface area (Å²) >= 11 is 0. The number of aromatic nitrogens is 1. The number of fused-ring (bicyclic) bond motifs is 1. The van der Waals surface area contributed by atoms with E-state index in [1.807, 2.05) is 30.3 Å². The topological polar surface area (TPSA) is 72.8 Å². The average molecular weight is 548 g/mol. The second-order valence-corrected chi connectivity index (χ2v) is 11.4. The van der Waals surface area contributed by atoms with E-state index < -0.39 is 0 Å². The summed E-state index contributed by atoms with van der Waals surface area (Å²) in [5.41, 5.74) is 8.07. The van der Waals surface area contributed by atoms with Crippen molar-refractivity contribution in [2.45, 2.75) is 45.6 Å². The van der Waals surface area contributed by atoms with Crippen molar-refractivity contribution in [3.05, 3.63) is 100 Å². The summed E-state index contributed by atoms with van der Waals surface area (Å²) in [6, 6.07) is 20.9. The number of nitrogens with zero attached hydrogens (tertiary/aromatic N) is 2. The highest BCUT2D eigenvalue weighted by Crippen LogP contribution is 2.47. The van der Waals surface area contributed by atoms with E-state index in [-0.39, 0.29) is 30.3 Å². The number of hydrogen-bond donors (Lipinski definition) is 1. The van der Waals surface area contributed by atoms with Gasteiger partial charge in [-0.3, -0.25) is 14.5 Å². The summed E-state index contributed by atoms with van der Waals surface area (Å²) in [7, 11) is 0. The van der Waals surface area contributed by atoms with Crippen LogP contribution in [-0.4, -0.2) is 41.0 Å². The molecule has 41 heavy (non-hydrogen) atoms. The van der Waals surface area contributed by atoms with E-state index in [1.165, 1.54) is 23.0 Å². The zero-order chi connectivity index (χ0) is 28.2. The third-order valence-electron chi connectivity index (χ3n) is 8.45. The molecule has 3 aliphatic heterocycles. The van der Waals surface area contributed by atoms with Crippen LogP contribution in [0.15, 0.2) is 78.1 Å². The van der Waals surface area contributed by atoms with E-state index in [0.717, 1.165) is 64.4 Å². The van der Waals surface area contributed by atoms with Gasteiger partial charge in [0.15, 0.2) is 0 Å². The molecule has 1 N–H and O–H groups in total. The van der Waals surface area contributed by atoms with Crippen molar-refractivity contribution >= 4 is 28.4 Å². The number of anilines is 1. The van der Waals surface area contributed by atoms with Crippen LogP contribution >= 0.6 is 0 Å². The molecule has 208 valence electrons. The smallest absolute Gasteiger partial charge is 0.259 e. The van der Waals surface area contributed by atoms with Crippen LogP contribution in [0.25, 0.3) is 10.9 Å². The van der Waals surface area contributed by atoms with Gasteiger partial charge in [0.05, 0.1) is 30.8 Å². The third kappa shape index (κ3) is 4.27. The number of carbonyl (C=O) groups excluding carboxylic acids is 2. The number of nitrogens with one attached hydrogen (secondary N) is 1. The Morgan fingerprint density at radius 1 is 1.12 bits per heavy atom. The molecule has 0 radical (unpaired) electrons. The van der Waals surface area contributed by atoms with Gasteiger partial charge in [0, 0.05) is 54.7 Å². The molecule has 7 heteroatoms. The predicted molar refractivity (Wildman–Crippen MR) is 158 cm³/mol. The molecular weight excluding hydrogens is 514 g/mol. The van der Waals surface area contributed by atoms with Crippen molar-refractivity contribution in [1.82, 2.24) is 9.47 Å². The van der Waals surface area contributed by atoms with Gasteiger partial charge in [-0.15, -0.1) is 0 Å². The lowest BCUT2D eigenvalue weighted by molar-refractivity contribution is -0.139. The van der Waals surface area contributed by atoms with Crippen molar-refractivity contribution < 1.29 is 19.1 Å². The molecule has 0 bridgehead atoms. The van der Waals surface area contributed by atoms with Crippen LogP contribution in [0.3, 0.4) is 0 Å². The van der Waals surface area contributed by atoms with Gasteiger partial charge in [-0.25, -0.2) is 0 Å². The highest BCUT2D eigenvalue weighted by atomic mass is 16.5. The first-order valence-corrected chi connectivity index (χ1v) is 14.3. The molecule has 0 saturated heterocycles. The fourth-order valence-corrected chi connectivity index (χ4v) is 6.44. The zero-order valence-electron chi connectivity index (χ0n) is 23.6. The Morgan fingerprint density at radius 3 is 2.73 bits per heavy atom. The van der Waals surface area contributed by atoms with Crippen molar-refractivity contribution in [1.29, 1.82) is 0 Å². The second-order valence-electron chi connectivity index (χ2n) is 11.4. The SMILES string of the molecule is CC(=O)N1CC2=C(C1=O)[C@H](c1ccc(OCCc3ccc4c(c3)CCO4)cc1)c1cn(C(C)C)c3cccc(c13)N2. The Bertz CT molecular complexity index is 1730. The fraction of sp³-hybridized carbons (Fsp3) is 0.294. The van der Waals surface area contributed by atoms with Crippen LogP contribution in [-0.2, 0) is 22.4 Å². The number of ether oxygens (including phenoxy) is 2. The van der Waals surface area contributed by atoms with Gasteiger partial charge >= 0.3 is 0 Å². The van der Waals surface area contributed by atoms with E-state index in [0.29, 0.717) is 12.2 Å². The van der Waals surface area contributed by atoms with Crippen molar-refractivity contribution in [3.8, 4) is 11.5 Å². The van der Waals surface area contributed by atoms with Gasteiger partial charge < -0.3 is 19.4 Å². The summed E-state index contributed by atoms with van der Waals surface area (Å²) in [6.45, 7) is 7.35. The molecule has 0 saturated carbocycles. The molecule has 0 aliphatic carbocycles. The lowest BCUT2D eigenvalue weighted by Gasteiger charge is -2.20. The molecule has 3 aromatic carbocycles. The van der Waals surface area contributed by atoms with Gasteiger partial charge in [-0.1, -0.05) is 30.3 Å². The number of hydrogen-bond acceptors (Lipinski definition) is 5. The van der Waals surface area contributed by atoms with Crippen molar-refractivity contribution in [2.24, 2.45) is 0 Å². The van der Waals surface area contributed by atoms with Gasteiger partial charge in [-0.2, -0.15) is 0 Å². The molecule has 7 nitrogen and oxygen atoms in total. The van der Waals surface area contributed by atoms with Crippen LogP contribution in [0.2, 0.25) is 0 Å². The molecular formula is C34H33N3O4. The molecule has 2 amide bonds. The Balaban J connectivity index is 1.21. The van der Waals surface area contributed by atoms with Crippen LogP contribution < -0.4 is 14.8 Å².